The summed E-state index contributed by atoms with van der Waals surface area (Å²) in [5.74, 6) is 1.49. The van der Waals surface area contributed by atoms with Crippen molar-refractivity contribution in [2.75, 3.05) is 11.9 Å². The first-order valence-corrected chi connectivity index (χ1v) is 5.94. The molecule has 0 aliphatic carbocycles. The third kappa shape index (κ3) is 4.33. The number of aryl methyl sites for hydroxylation is 1. The fourth-order valence-electron chi connectivity index (χ4n) is 1.42. The van der Waals surface area contributed by atoms with E-state index in [4.69, 9.17) is 16.7 Å². The van der Waals surface area contributed by atoms with E-state index < -0.39 is 0 Å². The van der Waals surface area contributed by atoms with Crippen LogP contribution in [0.25, 0.3) is 0 Å². The maximum atomic E-state index is 8.73. The van der Waals surface area contributed by atoms with Crippen LogP contribution in [0.3, 0.4) is 0 Å². The highest BCUT2D eigenvalue weighted by Gasteiger charge is 2.05. The van der Waals surface area contributed by atoms with Gasteiger partial charge in [-0.1, -0.05) is 18.5 Å². The van der Waals surface area contributed by atoms with Gasteiger partial charge in [-0.3, -0.25) is 0 Å². The van der Waals surface area contributed by atoms with E-state index in [0.29, 0.717) is 5.15 Å². The van der Waals surface area contributed by atoms with E-state index in [1.807, 2.05) is 6.92 Å². The quantitative estimate of drug-likeness (QED) is 0.753. The molecule has 1 aromatic heterocycles. The highest BCUT2D eigenvalue weighted by Crippen LogP contribution is 2.13. The van der Waals surface area contributed by atoms with Crippen LogP contribution in [0.15, 0.2) is 6.07 Å². The number of nitrogens with zero attached hydrogens (tertiary/aromatic N) is 2. The summed E-state index contributed by atoms with van der Waals surface area (Å²) in [6.07, 6.45) is 2.45. The van der Waals surface area contributed by atoms with Gasteiger partial charge in [-0.2, -0.15) is 0 Å². The van der Waals surface area contributed by atoms with Gasteiger partial charge in [-0.05, 0) is 19.8 Å². The van der Waals surface area contributed by atoms with Gasteiger partial charge in [0, 0.05) is 25.1 Å². The van der Waals surface area contributed by atoms with E-state index >= 15 is 0 Å². The molecule has 0 amide bonds. The lowest BCUT2D eigenvalue weighted by Gasteiger charge is -2.14. The van der Waals surface area contributed by atoms with E-state index in [-0.39, 0.29) is 12.6 Å². The fourth-order valence-corrected chi connectivity index (χ4v) is 1.62. The van der Waals surface area contributed by atoms with Gasteiger partial charge in [0.1, 0.15) is 16.8 Å². The minimum absolute atomic E-state index is 0.219. The van der Waals surface area contributed by atoms with Crippen LogP contribution in [0.5, 0.6) is 0 Å². The molecule has 0 fully saturated rings. The van der Waals surface area contributed by atoms with E-state index in [1.54, 1.807) is 6.07 Å². The second kappa shape index (κ2) is 6.66. The Labute approximate surface area is 101 Å². The largest absolute Gasteiger partial charge is 0.396 e. The maximum Gasteiger partial charge on any atom is 0.134 e. The number of hydrogen-bond acceptors (Lipinski definition) is 4. The molecule has 0 aliphatic rings. The topological polar surface area (TPSA) is 58.0 Å². The Morgan fingerprint density at radius 2 is 2.25 bits per heavy atom. The molecular formula is C11H18ClN3O. The lowest BCUT2D eigenvalue weighted by Crippen LogP contribution is -2.17. The molecule has 2 N–H and O–H groups in total. The lowest BCUT2D eigenvalue weighted by atomic mass is 10.2. The Hall–Kier alpha value is -0.870. The van der Waals surface area contributed by atoms with Crippen LogP contribution in [0.4, 0.5) is 5.82 Å². The Kier molecular flexibility index (Phi) is 5.49. The number of anilines is 1. The average molecular weight is 244 g/mol. The molecule has 1 aromatic rings. The molecule has 1 heterocycles. The smallest absolute Gasteiger partial charge is 0.134 e. The zero-order valence-electron chi connectivity index (χ0n) is 9.70. The molecule has 0 spiro atoms. The van der Waals surface area contributed by atoms with Gasteiger partial charge in [0.25, 0.3) is 0 Å². The van der Waals surface area contributed by atoms with Crippen LogP contribution in [-0.4, -0.2) is 27.7 Å². The van der Waals surface area contributed by atoms with Crippen LogP contribution in [0.2, 0.25) is 5.15 Å². The number of halogens is 1. The molecular weight excluding hydrogens is 226 g/mol. The summed E-state index contributed by atoms with van der Waals surface area (Å²) < 4.78 is 0. The SMILES string of the molecule is CCc1nc(Cl)cc(NC(C)CCCO)n1. The van der Waals surface area contributed by atoms with Crippen molar-refractivity contribution in [2.45, 2.75) is 39.2 Å². The first kappa shape index (κ1) is 13.2. The summed E-state index contributed by atoms with van der Waals surface area (Å²) in [6, 6.07) is 1.98. The molecule has 1 unspecified atom stereocenters. The van der Waals surface area contributed by atoms with Crippen LogP contribution in [0, 0.1) is 0 Å². The third-order valence-electron chi connectivity index (χ3n) is 2.25. The van der Waals surface area contributed by atoms with Crippen molar-refractivity contribution in [1.82, 2.24) is 9.97 Å². The van der Waals surface area contributed by atoms with Crippen molar-refractivity contribution < 1.29 is 5.11 Å². The number of aliphatic hydroxyl groups is 1. The van der Waals surface area contributed by atoms with Gasteiger partial charge < -0.3 is 10.4 Å². The number of hydrogen-bond donors (Lipinski definition) is 2. The molecule has 0 saturated carbocycles. The second-order valence-corrected chi connectivity index (χ2v) is 4.14. The molecule has 16 heavy (non-hydrogen) atoms. The summed E-state index contributed by atoms with van der Waals surface area (Å²) in [7, 11) is 0. The van der Waals surface area contributed by atoms with Crippen molar-refractivity contribution in [1.29, 1.82) is 0 Å². The van der Waals surface area contributed by atoms with Crippen LogP contribution >= 0.6 is 11.6 Å². The van der Waals surface area contributed by atoms with Crippen molar-refractivity contribution in [3.05, 3.63) is 17.0 Å². The Morgan fingerprint density at radius 1 is 1.50 bits per heavy atom. The van der Waals surface area contributed by atoms with E-state index in [1.165, 1.54) is 0 Å². The number of aliphatic hydroxyl groups excluding tert-OH is 1. The molecule has 1 atom stereocenters. The summed E-state index contributed by atoms with van der Waals surface area (Å²) in [5, 5.41) is 12.4. The predicted octanol–water partition coefficient (Wildman–Crippen LogP) is 2.27. The van der Waals surface area contributed by atoms with Gasteiger partial charge >= 0.3 is 0 Å². The van der Waals surface area contributed by atoms with Crippen LogP contribution < -0.4 is 5.32 Å². The molecule has 4 nitrogen and oxygen atoms in total. The van der Waals surface area contributed by atoms with Gasteiger partial charge in [0.05, 0.1) is 0 Å². The van der Waals surface area contributed by atoms with E-state index in [0.717, 1.165) is 30.9 Å². The summed E-state index contributed by atoms with van der Waals surface area (Å²) >= 11 is 5.89. The molecule has 0 aromatic carbocycles. The van der Waals surface area contributed by atoms with Crippen molar-refractivity contribution in [3.63, 3.8) is 0 Å². The molecule has 1 rings (SSSR count). The van der Waals surface area contributed by atoms with Gasteiger partial charge in [-0.25, -0.2) is 9.97 Å². The molecule has 0 aliphatic heterocycles. The molecule has 90 valence electrons. The van der Waals surface area contributed by atoms with Gasteiger partial charge in [0.15, 0.2) is 0 Å². The highest BCUT2D eigenvalue weighted by molar-refractivity contribution is 6.29. The van der Waals surface area contributed by atoms with E-state index in [9.17, 15) is 0 Å². The maximum absolute atomic E-state index is 8.73. The predicted molar refractivity (Wildman–Crippen MR) is 65.8 cm³/mol. The Bertz CT molecular complexity index is 333. The summed E-state index contributed by atoms with van der Waals surface area (Å²) in [4.78, 5) is 8.43. The minimum Gasteiger partial charge on any atom is -0.396 e. The zero-order valence-corrected chi connectivity index (χ0v) is 10.5. The number of rotatable bonds is 6. The van der Waals surface area contributed by atoms with Crippen LogP contribution in [0.1, 0.15) is 32.5 Å². The first-order chi connectivity index (χ1) is 7.65. The fraction of sp³-hybridized carbons (Fsp3) is 0.636. The normalized spacial score (nSPS) is 12.5. The van der Waals surface area contributed by atoms with Crippen molar-refractivity contribution >= 4 is 17.4 Å². The second-order valence-electron chi connectivity index (χ2n) is 3.76. The van der Waals surface area contributed by atoms with Crippen molar-refractivity contribution in [3.8, 4) is 0 Å². The van der Waals surface area contributed by atoms with Crippen molar-refractivity contribution in [2.24, 2.45) is 0 Å². The molecule has 0 radical (unpaired) electrons. The average Bonchev–Trinajstić information content (AvgIpc) is 2.25. The zero-order chi connectivity index (χ0) is 12.0. The molecule has 5 heteroatoms. The standard InChI is InChI=1S/C11H18ClN3O/c1-3-10-14-9(12)7-11(15-10)13-8(2)5-4-6-16/h7-8,16H,3-6H2,1-2H3,(H,13,14,15). The first-order valence-electron chi connectivity index (χ1n) is 5.56. The number of nitrogens with one attached hydrogen (secondary N) is 1. The Morgan fingerprint density at radius 3 is 2.88 bits per heavy atom. The monoisotopic (exact) mass is 243 g/mol. The Balaban J connectivity index is 2.61. The third-order valence-corrected chi connectivity index (χ3v) is 2.44. The summed E-state index contributed by atoms with van der Waals surface area (Å²) in [6.45, 7) is 4.26. The highest BCUT2D eigenvalue weighted by atomic mass is 35.5. The van der Waals surface area contributed by atoms with Crippen LogP contribution in [-0.2, 0) is 6.42 Å². The molecule has 0 saturated heterocycles. The van der Waals surface area contributed by atoms with Gasteiger partial charge in [0.2, 0.25) is 0 Å². The van der Waals surface area contributed by atoms with E-state index in [2.05, 4.69) is 22.2 Å². The summed E-state index contributed by atoms with van der Waals surface area (Å²) in [5.41, 5.74) is 0. The minimum atomic E-state index is 0.219. The molecule has 0 bridgehead atoms. The van der Waals surface area contributed by atoms with Gasteiger partial charge in [-0.15, -0.1) is 0 Å². The lowest BCUT2D eigenvalue weighted by molar-refractivity contribution is 0.282. The number of aromatic nitrogens is 2.